The van der Waals surface area contributed by atoms with E-state index in [9.17, 15) is 5.11 Å². The number of likely N-dealkylation sites (N-methyl/N-ethyl adjacent to an activating group) is 1. The summed E-state index contributed by atoms with van der Waals surface area (Å²) in [7, 11) is 0. The Morgan fingerprint density at radius 1 is 1.30 bits per heavy atom. The quantitative estimate of drug-likeness (QED) is 0.839. The summed E-state index contributed by atoms with van der Waals surface area (Å²) in [5.74, 6) is 0. The first-order valence-electron chi connectivity index (χ1n) is 7.11. The fourth-order valence-corrected chi connectivity index (χ4v) is 2.31. The van der Waals surface area contributed by atoms with E-state index in [1.165, 1.54) is 11.1 Å². The molecule has 0 amide bonds. The fourth-order valence-electron chi connectivity index (χ4n) is 2.31. The molecule has 2 aromatic rings. The third-order valence-electron chi connectivity index (χ3n) is 3.53. The van der Waals surface area contributed by atoms with Crippen molar-refractivity contribution in [2.75, 3.05) is 13.1 Å². The average molecular weight is 273 g/mol. The predicted octanol–water partition coefficient (Wildman–Crippen LogP) is 2.07. The molecular formula is C16H23N3O. The summed E-state index contributed by atoms with van der Waals surface area (Å²) >= 11 is 0. The predicted molar refractivity (Wildman–Crippen MR) is 80.4 cm³/mol. The lowest BCUT2D eigenvalue weighted by molar-refractivity contribution is 0.0940. The zero-order valence-electron chi connectivity index (χ0n) is 12.2. The Morgan fingerprint density at radius 3 is 2.75 bits per heavy atom. The van der Waals surface area contributed by atoms with Crippen molar-refractivity contribution in [1.29, 1.82) is 0 Å². The third kappa shape index (κ3) is 4.18. The van der Waals surface area contributed by atoms with Crippen LogP contribution in [0.1, 0.15) is 18.1 Å². The number of nitrogens with zero attached hydrogens (tertiary/aromatic N) is 3. The molecule has 20 heavy (non-hydrogen) atoms. The van der Waals surface area contributed by atoms with Crippen molar-refractivity contribution in [2.45, 2.75) is 33.0 Å². The van der Waals surface area contributed by atoms with Crippen LogP contribution in [0.2, 0.25) is 0 Å². The molecule has 4 heteroatoms. The maximum absolute atomic E-state index is 10.2. The minimum absolute atomic E-state index is 0.404. The minimum Gasteiger partial charge on any atom is -0.390 e. The van der Waals surface area contributed by atoms with Gasteiger partial charge < -0.3 is 5.11 Å². The molecule has 0 saturated carbocycles. The van der Waals surface area contributed by atoms with Crippen LogP contribution in [-0.4, -0.2) is 39.0 Å². The van der Waals surface area contributed by atoms with E-state index in [1.54, 1.807) is 10.9 Å². The summed E-state index contributed by atoms with van der Waals surface area (Å²) < 4.78 is 1.77. The van der Waals surface area contributed by atoms with Crippen molar-refractivity contribution in [1.82, 2.24) is 14.7 Å². The van der Waals surface area contributed by atoms with Crippen molar-refractivity contribution in [2.24, 2.45) is 0 Å². The number of hydrogen-bond donors (Lipinski definition) is 1. The van der Waals surface area contributed by atoms with E-state index < -0.39 is 6.10 Å². The minimum atomic E-state index is -0.404. The standard InChI is InChI=1S/C16H23N3O/c1-3-18(11-15-8-5-4-7-14(15)2)12-16(20)13-19-10-6-9-17-19/h4-10,16,20H,3,11-13H2,1-2H3. The lowest BCUT2D eigenvalue weighted by Gasteiger charge is -2.24. The monoisotopic (exact) mass is 273 g/mol. The van der Waals surface area contributed by atoms with Crippen molar-refractivity contribution in [3.63, 3.8) is 0 Å². The topological polar surface area (TPSA) is 41.3 Å². The van der Waals surface area contributed by atoms with Gasteiger partial charge in [0.2, 0.25) is 0 Å². The second-order valence-electron chi connectivity index (χ2n) is 5.14. The SMILES string of the molecule is CCN(Cc1ccccc1C)CC(O)Cn1cccn1. The van der Waals surface area contributed by atoms with Gasteiger partial charge in [0, 0.05) is 25.5 Å². The Kier molecular flexibility index (Phi) is 5.32. The number of benzene rings is 1. The first-order valence-corrected chi connectivity index (χ1v) is 7.11. The highest BCUT2D eigenvalue weighted by Gasteiger charge is 2.12. The van der Waals surface area contributed by atoms with Gasteiger partial charge in [-0.2, -0.15) is 5.10 Å². The molecule has 0 aliphatic carbocycles. The van der Waals surface area contributed by atoms with E-state index in [2.05, 4.69) is 48.1 Å². The molecule has 1 heterocycles. The smallest absolute Gasteiger partial charge is 0.0862 e. The van der Waals surface area contributed by atoms with Gasteiger partial charge in [-0.05, 0) is 30.7 Å². The lowest BCUT2D eigenvalue weighted by atomic mass is 10.1. The molecule has 1 atom stereocenters. The van der Waals surface area contributed by atoms with E-state index >= 15 is 0 Å². The largest absolute Gasteiger partial charge is 0.390 e. The van der Waals surface area contributed by atoms with Crippen LogP contribution >= 0.6 is 0 Å². The number of aryl methyl sites for hydroxylation is 1. The van der Waals surface area contributed by atoms with Gasteiger partial charge in [-0.15, -0.1) is 0 Å². The molecule has 2 rings (SSSR count). The van der Waals surface area contributed by atoms with E-state index in [0.717, 1.165) is 13.1 Å². The van der Waals surface area contributed by atoms with Crippen molar-refractivity contribution >= 4 is 0 Å². The molecule has 0 saturated heterocycles. The maximum Gasteiger partial charge on any atom is 0.0862 e. The van der Waals surface area contributed by atoms with Gasteiger partial charge in [-0.3, -0.25) is 9.58 Å². The third-order valence-corrected chi connectivity index (χ3v) is 3.53. The molecule has 108 valence electrons. The van der Waals surface area contributed by atoms with Crippen LogP contribution in [0.5, 0.6) is 0 Å². The van der Waals surface area contributed by atoms with Crippen LogP contribution in [0, 0.1) is 6.92 Å². The zero-order chi connectivity index (χ0) is 14.4. The molecular weight excluding hydrogens is 250 g/mol. The molecule has 1 aromatic carbocycles. The Labute approximate surface area is 120 Å². The van der Waals surface area contributed by atoms with E-state index in [0.29, 0.717) is 13.1 Å². The highest BCUT2D eigenvalue weighted by atomic mass is 16.3. The molecule has 0 radical (unpaired) electrons. The van der Waals surface area contributed by atoms with Crippen molar-refractivity contribution in [3.05, 3.63) is 53.9 Å². The van der Waals surface area contributed by atoms with Gasteiger partial charge in [0.15, 0.2) is 0 Å². The molecule has 1 N–H and O–H groups in total. The van der Waals surface area contributed by atoms with Crippen molar-refractivity contribution < 1.29 is 5.11 Å². The van der Waals surface area contributed by atoms with E-state index in [1.807, 2.05) is 12.3 Å². The molecule has 1 unspecified atom stereocenters. The summed E-state index contributed by atoms with van der Waals surface area (Å²) in [5, 5.41) is 14.3. The normalized spacial score (nSPS) is 12.8. The van der Waals surface area contributed by atoms with Gasteiger partial charge in [0.1, 0.15) is 0 Å². The zero-order valence-corrected chi connectivity index (χ0v) is 12.2. The van der Waals surface area contributed by atoms with Gasteiger partial charge >= 0.3 is 0 Å². The van der Waals surface area contributed by atoms with Crippen LogP contribution in [-0.2, 0) is 13.1 Å². The molecule has 0 fully saturated rings. The molecule has 0 aliphatic rings. The molecule has 0 aliphatic heterocycles. The molecule has 4 nitrogen and oxygen atoms in total. The van der Waals surface area contributed by atoms with Crippen LogP contribution in [0.3, 0.4) is 0 Å². The molecule has 0 spiro atoms. The highest BCUT2D eigenvalue weighted by molar-refractivity contribution is 5.25. The van der Waals surface area contributed by atoms with E-state index in [4.69, 9.17) is 0 Å². The van der Waals surface area contributed by atoms with Crippen LogP contribution in [0.4, 0.5) is 0 Å². The molecule has 0 bridgehead atoms. The number of aliphatic hydroxyl groups excluding tert-OH is 1. The number of aliphatic hydroxyl groups is 1. The second-order valence-corrected chi connectivity index (χ2v) is 5.14. The summed E-state index contributed by atoms with van der Waals surface area (Å²) in [5.41, 5.74) is 2.62. The number of rotatable bonds is 7. The molecule has 1 aromatic heterocycles. The number of aromatic nitrogens is 2. The summed E-state index contributed by atoms with van der Waals surface area (Å²) in [4.78, 5) is 2.26. The van der Waals surface area contributed by atoms with Gasteiger partial charge in [0.05, 0.1) is 12.6 Å². The Bertz CT molecular complexity index is 510. The van der Waals surface area contributed by atoms with Gasteiger partial charge in [0.25, 0.3) is 0 Å². The Morgan fingerprint density at radius 2 is 2.10 bits per heavy atom. The number of hydrogen-bond acceptors (Lipinski definition) is 3. The summed E-state index contributed by atoms with van der Waals surface area (Å²) in [6.45, 7) is 7.24. The van der Waals surface area contributed by atoms with Gasteiger partial charge in [-0.25, -0.2) is 0 Å². The van der Waals surface area contributed by atoms with E-state index in [-0.39, 0.29) is 0 Å². The van der Waals surface area contributed by atoms with Gasteiger partial charge in [-0.1, -0.05) is 31.2 Å². The summed E-state index contributed by atoms with van der Waals surface area (Å²) in [6, 6.07) is 10.3. The Hall–Kier alpha value is -1.65. The summed E-state index contributed by atoms with van der Waals surface area (Å²) in [6.07, 6.45) is 3.21. The van der Waals surface area contributed by atoms with Crippen LogP contribution in [0.15, 0.2) is 42.7 Å². The lowest BCUT2D eigenvalue weighted by Crippen LogP contribution is -2.34. The first kappa shape index (κ1) is 14.8. The van der Waals surface area contributed by atoms with Crippen LogP contribution in [0.25, 0.3) is 0 Å². The average Bonchev–Trinajstić information content (AvgIpc) is 2.93. The second kappa shape index (κ2) is 7.22. The fraction of sp³-hybridized carbons (Fsp3) is 0.438. The Balaban J connectivity index is 1.90. The van der Waals surface area contributed by atoms with Crippen LogP contribution < -0.4 is 0 Å². The highest BCUT2D eigenvalue weighted by Crippen LogP contribution is 2.11. The maximum atomic E-state index is 10.2. The first-order chi connectivity index (χ1) is 9.69. The van der Waals surface area contributed by atoms with Crippen molar-refractivity contribution in [3.8, 4) is 0 Å².